The number of anilines is 2. The fraction of sp³-hybridized carbons (Fsp3) is 0.625. The number of hydrogen-bond donors (Lipinski definition) is 2. The second-order valence-corrected chi connectivity index (χ2v) is 8.14. The van der Waals surface area contributed by atoms with Gasteiger partial charge in [0.1, 0.15) is 12.2 Å². The zero-order valence-corrected chi connectivity index (χ0v) is 16.7. The standard InChI is InChI=1S/C16H29N4O5P/c1-6-7-13-14(17)19-16(18)20(15(13)21)8-9-23-10-26(22,24-11(2)3)25-12(4)5/h6,11-12H,1,7-10,17H2,2-5H3,(H2,18,19). The number of aromatic nitrogens is 2. The predicted octanol–water partition coefficient (Wildman–Crippen LogP) is 2.15. The van der Waals surface area contributed by atoms with E-state index in [1.807, 2.05) is 0 Å². The molecule has 0 aliphatic carbocycles. The molecule has 0 aliphatic heterocycles. The number of ether oxygens (including phenoxy) is 1. The Labute approximate surface area is 153 Å². The second-order valence-electron chi connectivity index (χ2n) is 6.24. The molecule has 0 fully saturated rings. The van der Waals surface area contributed by atoms with Crippen molar-refractivity contribution in [2.75, 3.05) is 24.4 Å². The van der Waals surface area contributed by atoms with E-state index in [0.717, 1.165) is 0 Å². The van der Waals surface area contributed by atoms with E-state index in [1.54, 1.807) is 33.8 Å². The number of nitrogen functional groups attached to an aromatic ring is 2. The van der Waals surface area contributed by atoms with E-state index < -0.39 is 7.60 Å². The summed E-state index contributed by atoms with van der Waals surface area (Å²) in [7, 11) is -3.39. The fourth-order valence-corrected chi connectivity index (χ4v) is 4.05. The first-order valence-electron chi connectivity index (χ1n) is 8.38. The molecule has 0 aromatic carbocycles. The van der Waals surface area contributed by atoms with Crippen molar-refractivity contribution in [1.29, 1.82) is 0 Å². The average molecular weight is 388 g/mol. The molecule has 0 bridgehead atoms. The van der Waals surface area contributed by atoms with Crippen LogP contribution < -0.4 is 17.0 Å². The number of nitrogens with two attached hydrogens (primary N) is 2. The van der Waals surface area contributed by atoms with Crippen molar-refractivity contribution in [2.45, 2.75) is 52.9 Å². The molecule has 4 N–H and O–H groups in total. The van der Waals surface area contributed by atoms with Crippen LogP contribution in [0.4, 0.5) is 11.8 Å². The Morgan fingerprint density at radius 1 is 1.23 bits per heavy atom. The third-order valence-electron chi connectivity index (χ3n) is 3.12. The van der Waals surface area contributed by atoms with Gasteiger partial charge in [-0.15, -0.1) is 6.58 Å². The van der Waals surface area contributed by atoms with Crippen LogP contribution in [-0.2, 0) is 31.3 Å². The lowest BCUT2D eigenvalue weighted by molar-refractivity contribution is 0.0957. The fourth-order valence-electron chi connectivity index (χ4n) is 2.24. The Kier molecular flexibility index (Phi) is 8.49. The molecule has 9 nitrogen and oxygen atoms in total. The van der Waals surface area contributed by atoms with Crippen molar-refractivity contribution in [1.82, 2.24) is 9.55 Å². The van der Waals surface area contributed by atoms with Crippen LogP contribution >= 0.6 is 7.60 Å². The minimum atomic E-state index is -3.39. The van der Waals surface area contributed by atoms with E-state index in [0.29, 0.717) is 12.0 Å². The Morgan fingerprint density at radius 2 is 1.81 bits per heavy atom. The highest BCUT2D eigenvalue weighted by Crippen LogP contribution is 2.50. The molecular weight excluding hydrogens is 359 g/mol. The van der Waals surface area contributed by atoms with Gasteiger partial charge in [-0.2, -0.15) is 4.98 Å². The van der Waals surface area contributed by atoms with Crippen molar-refractivity contribution in [3.63, 3.8) is 0 Å². The molecule has 0 atom stereocenters. The Hall–Kier alpha value is -1.67. The molecule has 0 aliphatic rings. The molecule has 26 heavy (non-hydrogen) atoms. The SMILES string of the molecule is C=CCc1c(N)nc(N)n(CCOCP(=O)(OC(C)C)OC(C)C)c1=O. The minimum absolute atomic E-state index is 0.0102. The lowest BCUT2D eigenvalue weighted by atomic mass is 10.2. The highest BCUT2D eigenvalue weighted by Gasteiger charge is 2.28. The Morgan fingerprint density at radius 3 is 2.31 bits per heavy atom. The van der Waals surface area contributed by atoms with Crippen LogP contribution in [0.2, 0.25) is 0 Å². The first-order valence-corrected chi connectivity index (χ1v) is 10.1. The van der Waals surface area contributed by atoms with Crippen molar-refractivity contribution in [3.05, 3.63) is 28.6 Å². The first-order chi connectivity index (χ1) is 12.1. The molecule has 0 saturated heterocycles. The number of allylic oxidation sites excluding steroid dienone is 1. The van der Waals surface area contributed by atoms with Gasteiger partial charge in [0.05, 0.1) is 30.9 Å². The normalized spacial score (nSPS) is 12.1. The van der Waals surface area contributed by atoms with Crippen LogP contribution in [-0.4, -0.2) is 34.7 Å². The van der Waals surface area contributed by atoms with E-state index >= 15 is 0 Å². The summed E-state index contributed by atoms with van der Waals surface area (Å²) in [6.45, 7) is 10.9. The summed E-state index contributed by atoms with van der Waals surface area (Å²) >= 11 is 0. The molecule has 0 spiro atoms. The number of nitrogens with zero attached hydrogens (tertiary/aromatic N) is 2. The maximum atomic E-state index is 12.7. The predicted molar refractivity (Wildman–Crippen MR) is 102 cm³/mol. The molecule has 10 heteroatoms. The topological polar surface area (TPSA) is 132 Å². The summed E-state index contributed by atoms with van der Waals surface area (Å²) in [5, 5.41) is 0. The number of rotatable bonds is 11. The van der Waals surface area contributed by atoms with Crippen molar-refractivity contribution in [3.8, 4) is 0 Å². The lowest BCUT2D eigenvalue weighted by Crippen LogP contribution is -2.30. The van der Waals surface area contributed by atoms with Gasteiger partial charge in [-0.25, -0.2) is 0 Å². The highest BCUT2D eigenvalue weighted by molar-refractivity contribution is 7.53. The highest BCUT2D eigenvalue weighted by atomic mass is 31.2. The smallest absolute Gasteiger partial charge is 0.356 e. The molecule has 0 radical (unpaired) electrons. The van der Waals surface area contributed by atoms with Gasteiger partial charge < -0.3 is 25.3 Å². The molecule has 1 rings (SSSR count). The van der Waals surface area contributed by atoms with Gasteiger partial charge in [0.15, 0.2) is 0 Å². The summed E-state index contributed by atoms with van der Waals surface area (Å²) in [6.07, 6.45) is 1.08. The van der Waals surface area contributed by atoms with Crippen LogP contribution in [0.5, 0.6) is 0 Å². The second kappa shape index (κ2) is 9.87. The maximum Gasteiger partial charge on any atom is 0.356 e. The van der Waals surface area contributed by atoms with Crippen molar-refractivity contribution >= 4 is 19.4 Å². The van der Waals surface area contributed by atoms with E-state index in [1.165, 1.54) is 4.57 Å². The van der Waals surface area contributed by atoms with Crippen LogP contribution in [0.25, 0.3) is 0 Å². The maximum absolute atomic E-state index is 12.7. The van der Waals surface area contributed by atoms with Gasteiger partial charge in [-0.05, 0) is 34.1 Å². The van der Waals surface area contributed by atoms with Crippen molar-refractivity contribution < 1.29 is 18.3 Å². The van der Waals surface area contributed by atoms with Crippen LogP contribution in [0.1, 0.15) is 33.3 Å². The molecule has 0 saturated carbocycles. The van der Waals surface area contributed by atoms with Gasteiger partial charge in [0.2, 0.25) is 5.95 Å². The lowest BCUT2D eigenvalue weighted by Gasteiger charge is -2.22. The Bertz CT molecular complexity index is 703. The molecule has 1 aromatic heterocycles. The molecule has 0 unspecified atom stereocenters. The first kappa shape index (κ1) is 22.4. The van der Waals surface area contributed by atoms with E-state index in [9.17, 15) is 9.36 Å². The molecule has 0 amide bonds. The van der Waals surface area contributed by atoms with Crippen molar-refractivity contribution in [2.24, 2.45) is 0 Å². The van der Waals surface area contributed by atoms with Gasteiger partial charge in [0.25, 0.3) is 5.56 Å². The quantitative estimate of drug-likeness (QED) is 0.335. The summed E-state index contributed by atoms with van der Waals surface area (Å²) in [4.78, 5) is 16.4. The zero-order chi connectivity index (χ0) is 19.9. The molecule has 1 aromatic rings. The average Bonchev–Trinajstić information content (AvgIpc) is 2.48. The molecule has 1 heterocycles. The monoisotopic (exact) mass is 388 g/mol. The summed E-state index contributed by atoms with van der Waals surface area (Å²) < 4.78 is 30.1. The minimum Gasteiger partial charge on any atom is -0.383 e. The third-order valence-corrected chi connectivity index (χ3v) is 5.11. The van der Waals surface area contributed by atoms with Crippen LogP contribution in [0.15, 0.2) is 17.4 Å². The number of hydrogen-bond acceptors (Lipinski definition) is 8. The van der Waals surface area contributed by atoms with Crippen LogP contribution in [0, 0.1) is 0 Å². The third kappa shape index (κ3) is 6.57. The van der Waals surface area contributed by atoms with Gasteiger partial charge in [-0.3, -0.25) is 13.9 Å². The van der Waals surface area contributed by atoms with Crippen LogP contribution in [0.3, 0.4) is 0 Å². The zero-order valence-electron chi connectivity index (χ0n) is 15.8. The van der Waals surface area contributed by atoms with E-state index in [-0.39, 0.29) is 49.0 Å². The summed E-state index contributed by atoms with van der Waals surface area (Å²) in [5.74, 6) is 0.0775. The Balaban J connectivity index is 2.78. The van der Waals surface area contributed by atoms with E-state index in [4.69, 9.17) is 25.3 Å². The molecule has 148 valence electrons. The summed E-state index contributed by atoms with van der Waals surface area (Å²) in [5.41, 5.74) is 11.5. The van der Waals surface area contributed by atoms with Gasteiger partial charge in [-0.1, -0.05) is 6.08 Å². The van der Waals surface area contributed by atoms with E-state index in [2.05, 4.69) is 11.6 Å². The van der Waals surface area contributed by atoms with Gasteiger partial charge in [0, 0.05) is 0 Å². The largest absolute Gasteiger partial charge is 0.383 e. The summed E-state index contributed by atoms with van der Waals surface area (Å²) in [6, 6.07) is 0. The van der Waals surface area contributed by atoms with Gasteiger partial charge >= 0.3 is 7.60 Å². The molecular formula is C16H29N4O5P.